The molecule has 0 aromatic heterocycles. The normalized spacial score (nSPS) is 36.4. The van der Waals surface area contributed by atoms with E-state index in [0.717, 1.165) is 12.6 Å². The van der Waals surface area contributed by atoms with E-state index in [-0.39, 0.29) is 51.8 Å². The van der Waals surface area contributed by atoms with Crippen molar-refractivity contribution in [1.29, 1.82) is 0 Å². The molecular weight excluding hydrogens is 519 g/mol. The van der Waals surface area contributed by atoms with Crippen LogP contribution in [0.2, 0.25) is 0 Å². The number of anilines is 1. The fourth-order valence-electron chi connectivity index (χ4n) is 8.75. The molecule has 2 amide bonds. The Labute approximate surface area is 231 Å². The van der Waals surface area contributed by atoms with Crippen molar-refractivity contribution < 1.29 is 34.1 Å². The van der Waals surface area contributed by atoms with Gasteiger partial charge < -0.3 is 26.4 Å². The summed E-state index contributed by atoms with van der Waals surface area (Å²) in [6, 6.07) is -0.0266. The largest absolute Gasteiger partial charge is 0.510 e. The summed E-state index contributed by atoms with van der Waals surface area (Å²) in [6.45, 7) is 4.34. The summed E-state index contributed by atoms with van der Waals surface area (Å²) in [4.78, 5) is 43.4. The second-order valence-corrected chi connectivity index (χ2v) is 12.5. The van der Waals surface area contributed by atoms with Crippen LogP contribution in [-0.2, 0) is 20.8 Å². The van der Waals surface area contributed by atoms with E-state index in [9.17, 15) is 29.7 Å². The van der Waals surface area contributed by atoms with Crippen LogP contribution in [0, 0.1) is 34.4 Å². The van der Waals surface area contributed by atoms with Gasteiger partial charge in [0, 0.05) is 29.2 Å². The standard InChI is InChI=1S/C29H35FN4O6/c1-11-28(2)20(26(31)39)24(37)21(33(3)4)14-9-12-8-13-15(30)10-16(32-27(40)17-6-7-34(17)5)22(35)19(13)23(36)18(12)25(38)29(11,14)28/h10-12,14,17,21,35-37H,6-9H2,1-5H3,(H2,31,39)(H,32,40)/t11?,12-,14-,17-,21-,28+,29+/m0/s1. The van der Waals surface area contributed by atoms with Crippen molar-refractivity contribution in [2.45, 2.75) is 45.2 Å². The van der Waals surface area contributed by atoms with E-state index in [0.29, 0.717) is 12.8 Å². The highest BCUT2D eigenvalue weighted by atomic mass is 19.1. The zero-order valence-corrected chi connectivity index (χ0v) is 23.2. The van der Waals surface area contributed by atoms with Gasteiger partial charge in [0.1, 0.15) is 17.3 Å². The van der Waals surface area contributed by atoms with Crippen LogP contribution >= 0.6 is 0 Å². The molecule has 11 heteroatoms. The summed E-state index contributed by atoms with van der Waals surface area (Å²) in [5.41, 5.74) is 3.38. The first kappa shape index (κ1) is 26.8. The summed E-state index contributed by atoms with van der Waals surface area (Å²) in [7, 11) is 5.29. The number of carbonyl (C=O) groups is 3. The van der Waals surface area contributed by atoms with E-state index in [1.54, 1.807) is 33.0 Å². The smallest absolute Gasteiger partial charge is 0.248 e. The minimum absolute atomic E-state index is 0.0258. The van der Waals surface area contributed by atoms with Gasteiger partial charge in [-0.3, -0.25) is 24.2 Å². The number of fused-ring (bicyclic) bond motifs is 2. The number of phenols is 1. The number of aliphatic hydroxyl groups excluding tert-OH is 2. The Balaban J connectivity index is 1.48. The van der Waals surface area contributed by atoms with Crippen LogP contribution in [0.1, 0.15) is 37.8 Å². The van der Waals surface area contributed by atoms with E-state index in [1.807, 2.05) is 11.8 Å². The van der Waals surface area contributed by atoms with Gasteiger partial charge in [0.25, 0.3) is 0 Å². The predicted molar refractivity (Wildman–Crippen MR) is 144 cm³/mol. The van der Waals surface area contributed by atoms with Gasteiger partial charge >= 0.3 is 0 Å². The summed E-state index contributed by atoms with van der Waals surface area (Å²) < 4.78 is 15.5. The number of aliphatic hydroxyl groups is 2. The maximum Gasteiger partial charge on any atom is 0.248 e. The van der Waals surface area contributed by atoms with Crippen LogP contribution in [0.4, 0.5) is 10.1 Å². The monoisotopic (exact) mass is 554 g/mol. The van der Waals surface area contributed by atoms with Crippen molar-refractivity contribution in [3.8, 4) is 5.75 Å². The molecule has 1 unspecified atom stereocenters. The molecule has 6 N–H and O–H groups in total. The number of Topliss-reactive ketones (excluding diaryl/α,β-unsaturated/α-hetero) is 1. The van der Waals surface area contributed by atoms with E-state index in [2.05, 4.69) is 5.32 Å². The number of amides is 2. The number of aromatic hydroxyl groups is 1. The van der Waals surface area contributed by atoms with Crippen molar-refractivity contribution in [3.05, 3.63) is 39.9 Å². The van der Waals surface area contributed by atoms with Crippen molar-refractivity contribution in [2.24, 2.45) is 34.3 Å². The highest BCUT2D eigenvalue weighted by Crippen LogP contribution is 2.82. The number of allylic oxidation sites excluding steroid dienone is 1. The maximum atomic E-state index is 15.5. The average Bonchev–Trinajstić information content (AvgIpc) is 3.34. The Bertz CT molecular complexity index is 1470. The Morgan fingerprint density at radius 3 is 2.48 bits per heavy atom. The molecule has 214 valence electrons. The lowest BCUT2D eigenvalue weighted by Crippen LogP contribution is -2.55. The SMILES string of the molecule is CC1[C@]2(C)C(C(N)=O)=C(O)[C@@H](N(C)C)[C@@H]3C[C@@H]4Cc5c(F)cc(NC(=O)[C@@H]6CCN6C)c(O)c5C(O)=C4C(=O)[C@@]132. The molecule has 2 saturated carbocycles. The summed E-state index contributed by atoms with van der Waals surface area (Å²) in [5, 5.41) is 36.5. The van der Waals surface area contributed by atoms with Crippen LogP contribution < -0.4 is 11.1 Å². The van der Waals surface area contributed by atoms with Crippen molar-refractivity contribution in [2.75, 3.05) is 33.0 Å². The molecule has 1 heterocycles. The van der Waals surface area contributed by atoms with Gasteiger partial charge in [-0.2, -0.15) is 0 Å². The van der Waals surface area contributed by atoms with Crippen LogP contribution in [-0.4, -0.2) is 82.5 Å². The number of nitrogens with two attached hydrogens (primary N) is 1. The number of hydrogen-bond donors (Lipinski definition) is 5. The topological polar surface area (TPSA) is 156 Å². The third-order valence-corrected chi connectivity index (χ3v) is 10.9. The fourth-order valence-corrected chi connectivity index (χ4v) is 8.75. The van der Waals surface area contributed by atoms with Gasteiger partial charge in [0.05, 0.1) is 34.3 Å². The van der Waals surface area contributed by atoms with Crippen LogP contribution in [0.15, 0.2) is 23.0 Å². The van der Waals surface area contributed by atoms with Gasteiger partial charge in [0.2, 0.25) is 11.8 Å². The van der Waals surface area contributed by atoms with Gasteiger partial charge in [-0.15, -0.1) is 0 Å². The molecule has 1 aromatic carbocycles. The first-order valence-electron chi connectivity index (χ1n) is 13.6. The number of phenolic OH excluding ortho intramolecular Hbond substituents is 1. The number of benzene rings is 1. The third-order valence-electron chi connectivity index (χ3n) is 10.9. The van der Waals surface area contributed by atoms with Crippen LogP contribution in [0.5, 0.6) is 5.75 Å². The number of nitrogens with one attached hydrogen (secondary N) is 1. The van der Waals surface area contributed by atoms with Crippen molar-refractivity contribution in [3.63, 3.8) is 0 Å². The number of ketones is 1. The fraction of sp³-hybridized carbons (Fsp3) is 0.552. The Kier molecular flexibility index (Phi) is 5.55. The average molecular weight is 555 g/mol. The number of carbonyl (C=O) groups excluding carboxylic acids is 3. The number of likely N-dealkylation sites (N-methyl/N-ethyl adjacent to an activating group) is 2. The molecule has 1 aromatic rings. The molecule has 0 bridgehead atoms. The van der Waals surface area contributed by atoms with Crippen LogP contribution in [0.3, 0.4) is 0 Å². The Hall–Kier alpha value is -3.44. The van der Waals surface area contributed by atoms with Crippen LogP contribution in [0.25, 0.3) is 5.76 Å². The minimum atomic E-state index is -1.12. The quantitative estimate of drug-likeness (QED) is 0.354. The third kappa shape index (κ3) is 2.97. The van der Waals surface area contributed by atoms with Crippen molar-refractivity contribution >= 4 is 29.0 Å². The molecule has 10 nitrogen and oxygen atoms in total. The van der Waals surface area contributed by atoms with Gasteiger partial charge in [-0.1, -0.05) is 13.8 Å². The highest BCUT2D eigenvalue weighted by molar-refractivity contribution is 6.13. The lowest BCUT2D eigenvalue weighted by molar-refractivity contribution is -0.130. The molecule has 1 spiro atoms. The zero-order chi connectivity index (χ0) is 29.2. The minimum Gasteiger partial charge on any atom is -0.510 e. The maximum absolute atomic E-state index is 15.5. The van der Waals surface area contributed by atoms with E-state index >= 15 is 4.39 Å². The molecule has 5 aliphatic rings. The highest BCUT2D eigenvalue weighted by Gasteiger charge is 2.85. The second kappa shape index (κ2) is 8.29. The van der Waals surface area contributed by atoms with Crippen molar-refractivity contribution in [1.82, 2.24) is 9.80 Å². The molecule has 3 fully saturated rings. The number of hydrogen-bond acceptors (Lipinski definition) is 8. The summed E-state index contributed by atoms with van der Waals surface area (Å²) in [6.07, 6.45) is 1.02. The summed E-state index contributed by atoms with van der Waals surface area (Å²) in [5.74, 6) is -4.81. The molecule has 6 rings (SSSR count). The number of halogens is 1. The molecule has 0 radical (unpaired) electrons. The first-order chi connectivity index (χ1) is 18.7. The lowest BCUT2D eigenvalue weighted by atomic mass is 9.56. The number of rotatable bonds is 4. The van der Waals surface area contributed by atoms with Gasteiger partial charge in [-0.25, -0.2) is 4.39 Å². The zero-order valence-electron chi connectivity index (χ0n) is 23.2. The molecule has 1 saturated heterocycles. The van der Waals surface area contributed by atoms with E-state index in [4.69, 9.17) is 5.73 Å². The molecule has 40 heavy (non-hydrogen) atoms. The second-order valence-electron chi connectivity index (χ2n) is 12.5. The van der Waals surface area contributed by atoms with E-state index in [1.165, 1.54) is 0 Å². The number of likely N-dealkylation sites (tertiary alicyclic amines) is 1. The molecule has 4 aliphatic carbocycles. The number of primary amides is 1. The Morgan fingerprint density at radius 1 is 1.25 bits per heavy atom. The molecular formula is C29H35FN4O6. The first-order valence-corrected chi connectivity index (χ1v) is 13.6. The molecule has 1 aliphatic heterocycles. The predicted octanol–water partition coefficient (Wildman–Crippen LogP) is 2.09. The number of nitrogens with zero attached hydrogens (tertiary/aromatic N) is 2. The molecule has 7 atom stereocenters. The van der Waals surface area contributed by atoms with E-state index < -0.39 is 63.9 Å². The Morgan fingerprint density at radius 2 is 1.93 bits per heavy atom. The summed E-state index contributed by atoms with van der Waals surface area (Å²) >= 11 is 0. The lowest BCUT2D eigenvalue weighted by Gasteiger charge is -2.49. The van der Waals surface area contributed by atoms with Gasteiger partial charge in [0.15, 0.2) is 11.5 Å². The van der Waals surface area contributed by atoms with Gasteiger partial charge in [-0.05, 0) is 58.2 Å².